The first-order valence-electron chi connectivity index (χ1n) is 16.3. The van der Waals surface area contributed by atoms with Gasteiger partial charge in [0, 0.05) is 44.6 Å². The number of anilines is 1. The maximum atomic E-state index is 13.2. The second-order valence-electron chi connectivity index (χ2n) is 12.5. The molecule has 2 aromatic heterocycles. The highest BCUT2D eigenvalue weighted by molar-refractivity contribution is 5.90. The summed E-state index contributed by atoms with van der Waals surface area (Å²) in [5.74, 6) is 0.752. The Morgan fingerprint density at radius 1 is 0.936 bits per heavy atom. The Balaban J connectivity index is 1.16. The molecule has 240 valence electrons. The van der Waals surface area contributed by atoms with Gasteiger partial charge in [-0.1, -0.05) is 72.8 Å². The molecule has 10 heteroatoms. The van der Waals surface area contributed by atoms with Crippen molar-refractivity contribution in [2.45, 2.75) is 44.5 Å². The number of piperazine rings is 1. The van der Waals surface area contributed by atoms with E-state index in [0.717, 1.165) is 41.7 Å². The third kappa shape index (κ3) is 6.71. The standard InChI is InChI=1S/C37H39N7O3/c1-41-18-8-14-31(41)26-46-36-39-34-24-42(21-29-13-7-12-28-11-5-6-15-32(28)29)23-33(34)35(40-36)43-19-20-44(30(22-43)16-17-38)37(45)47-25-27-9-3-2-4-10-27/h2-7,9-13,15,23-24,30-31H,8,14,16,18-22,25-26H2,1H3/t30-,31-/m0/s1. The highest BCUT2D eigenvalue weighted by Gasteiger charge is 2.33. The van der Waals surface area contributed by atoms with Gasteiger partial charge in [0.05, 0.1) is 29.4 Å². The largest absolute Gasteiger partial charge is 0.462 e. The maximum Gasteiger partial charge on any atom is 0.410 e. The van der Waals surface area contributed by atoms with Crippen LogP contribution in [0.3, 0.4) is 0 Å². The van der Waals surface area contributed by atoms with Crippen LogP contribution < -0.4 is 9.64 Å². The summed E-state index contributed by atoms with van der Waals surface area (Å²) < 4.78 is 14.1. The van der Waals surface area contributed by atoms with Crippen molar-refractivity contribution in [3.8, 4) is 12.1 Å². The number of amides is 1. The summed E-state index contributed by atoms with van der Waals surface area (Å²) in [4.78, 5) is 29.2. The Labute approximate surface area is 274 Å². The molecule has 0 unspecified atom stereocenters. The molecule has 0 bridgehead atoms. The lowest BCUT2D eigenvalue weighted by atomic mass is 10.0. The Bertz CT molecular complexity index is 1900. The normalized spacial score (nSPS) is 18.5. The number of carbonyl (C=O) groups excluding carboxylic acids is 1. The van der Waals surface area contributed by atoms with E-state index in [1.807, 2.05) is 30.3 Å². The van der Waals surface area contributed by atoms with E-state index < -0.39 is 6.09 Å². The van der Waals surface area contributed by atoms with Crippen molar-refractivity contribution < 1.29 is 14.3 Å². The number of likely N-dealkylation sites (tertiary alicyclic amines) is 1. The van der Waals surface area contributed by atoms with Gasteiger partial charge in [-0.3, -0.25) is 0 Å². The molecule has 0 spiro atoms. The molecule has 2 aliphatic heterocycles. The molecule has 47 heavy (non-hydrogen) atoms. The summed E-state index contributed by atoms with van der Waals surface area (Å²) in [6, 6.07) is 27.0. The molecule has 2 fully saturated rings. The minimum atomic E-state index is -0.410. The van der Waals surface area contributed by atoms with Gasteiger partial charge < -0.3 is 28.7 Å². The minimum absolute atomic E-state index is 0.185. The smallest absolute Gasteiger partial charge is 0.410 e. The average Bonchev–Trinajstić information content (AvgIpc) is 3.71. The fourth-order valence-electron chi connectivity index (χ4n) is 6.79. The molecule has 2 aliphatic rings. The van der Waals surface area contributed by atoms with Gasteiger partial charge in [0.25, 0.3) is 0 Å². The topological polar surface area (TPSA) is 99.8 Å². The highest BCUT2D eigenvalue weighted by atomic mass is 16.6. The van der Waals surface area contributed by atoms with E-state index in [1.54, 1.807) is 4.90 Å². The number of benzene rings is 3. The summed E-state index contributed by atoms with van der Waals surface area (Å²) >= 11 is 0. The fraction of sp³-hybridized carbons (Fsp3) is 0.351. The van der Waals surface area contributed by atoms with Gasteiger partial charge in [-0.25, -0.2) is 4.79 Å². The van der Waals surface area contributed by atoms with Gasteiger partial charge in [0.1, 0.15) is 19.0 Å². The van der Waals surface area contributed by atoms with Gasteiger partial charge in [-0.05, 0) is 48.3 Å². The van der Waals surface area contributed by atoms with Crippen LogP contribution in [0.2, 0.25) is 0 Å². The van der Waals surface area contributed by atoms with Crippen molar-refractivity contribution >= 4 is 33.6 Å². The molecule has 0 radical (unpaired) electrons. The van der Waals surface area contributed by atoms with E-state index in [4.69, 9.17) is 19.4 Å². The predicted molar refractivity (Wildman–Crippen MR) is 181 cm³/mol. The van der Waals surface area contributed by atoms with Crippen molar-refractivity contribution in [2.75, 3.05) is 44.7 Å². The second-order valence-corrected chi connectivity index (χ2v) is 12.5. The number of fused-ring (bicyclic) bond motifs is 2. The summed E-state index contributed by atoms with van der Waals surface area (Å²) in [6.07, 6.45) is 6.18. The first kappa shape index (κ1) is 30.5. The van der Waals surface area contributed by atoms with E-state index >= 15 is 0 Å². The second kappa shape index (κ2) is 13.7. The van der Waals surface area contributed by atoms with Gasteiger partial charge in [0.2, 0.25) is 0 Å². The van der Waals surface area contributed by atoms with Crippen molar-refractivity contribution in [1.29, 1.82) is 5.26 Å². The number of carbonyl (C=O) groups is 1. The average molecular weight is 630 g/mol. The Kier molecular flexibility index (Phi) is 8.89. The number of likely N-dealkylation sites (N-methyl/N-ethyl adjacent to an activating group) is 1. The van der Waals surface area contributed by atoms with Crippen LogP contribution in [0.1, 0.15) is 30.4 Å². The van der Waals surface area contributed by atoms with Crippen molar-refractivity contribution in [3.63, 3.8) is 0 Å². The third-order valence-corrected chi connectivity index (χ3v) is 9.38. The number of nitrogens with zero attached hydrogens (tertiary/aromatic N) is 7. The molecule has 10 nitrogen and oxygen atoms in total. The van der Waals surface area contributed by atoms with E-state index in [2.05, 4.69) is 82.3 Å². The molecule has 2 saturated heterocycles. The molecule has 0 aliphatic carbocycles. The highest BCUT2D eigenvalue weighted by Crippen LogP contribution is 2.31. The minimum Gasteiger partial charge on any atom is -0.462 e. The van der Waals surface area contributed by atoms with Crippen LogP contribution in [-0.2, 0) is 17.9 Å². The summed E-state index contributed by atoms with van der Waals surface area (Å²) in [5.41, 5.74) is 2.94. The molecule has 2 atom stereocenters. The quantitative estimate of drug-likeness (QED) is 0.200. The Morgan fingerprint density at radius 2 is 1.77 bits per heavy atom. The van der Waals surface area contributed by atoms with Crippen LogP contribution in [0.15, 0.2) is 85.2 Å². The number of nitriles is 1. The molecule has 0 saturated carbocycles. The van der Waals surface area contributed by atoms with Crippen LogP contribution >= 0.6 is 0 Å². The lowest BCUT2D eigenvalue weighted by molar-refractivity contribution is 0.0768. The van der Waals surface area contributed by atoms with Crippen molar-refractivity contribution in [3.05, 3.63) is 96.3 Å². The lowest BCUT2D eigenvalue weighted by Crippen LogP contribution is -2.55. The zero-order valence-corrected chi connectivity index (χ0v) is 26.7. The van der Waals surface area contributed by atoms with Gasteiger partial charge >= 0.3 is 12.1 Å². The van der Waals surface area contributed by atoms with Crippen LogP contribution in [0.25, 0.3) is 21.7 Å². The molecule has 7 rings (SSSR count). The SMILES string of the molecule is CN1CCC[C@H]1COc1nc(N2CCN(C(=O)OCc3ccccc3)[C@@H](CC#N)C2)c2cn(Cc3cccc4ccccc34)cc2n1. The molecule has 3 aromatic carbocycles. The maximum absolute atomic E-state index is 13.2. The number of hydrogen-bond acceptors (Lipinski definition) is 8. The predicted octanol–water partition coefficient (Wildman–Crippen LogP) is 5.85. The number of ether oxygens (including phenoxy) is 2. The molecular weight excluding hydrogens is 590 g/mol. The number of hydrogen-bond donors (Lipinski definition) is 0. The van der Waals surface area contributed by atoms with Gasteiger partial charge in [0.15, 0.2) is 0 Å². The number of rotatable bonds is 9. The zero-order valence-electron chi connectivity index (χ0n) is 26.7. The number of aromatic nitrogens is 3. The van der Waals surface area contributed by atoms with E-state index in [-0.39, 0.29) is 19.1 Å². The summed E-state index contributed by atoms with van der Waals surface area (Å²) in [5, 5.41) is 13.0. The van der Waals surface area contributed by atoms with Gasteiger partial charge in [-0.2, -0.15) is 15.2 Å². The van der Waals surface area contributed by atoms with Crippen molar-refractivity contribution in [1.82, 2.24) is 24.3 Å². The first-order valence-corrected chi connectivity index (χ1v) is 16.3. The lowest BCUT2D eigenvalue weighted by Gasteiger charge is -2.40. The first-order chi connectivity index (χ1) is 23.1. The Hall–Kier alpha value is -5.14. The summed E-state index contributed by atoms with van der Waals surface area (Å²) in [7, 11) is 2.13. The zero-order chi connectivity index (χ0) is 32.2. The third-order valence-electron chi connectivity index (χ3n) is 9.38. The molecular formula is C37H39N7O3. The van der Waals surface area contributed by atoms with Crippen LogP contribution in [-0.4, -0.2) is 82.3 Å². The molecule has 1 amide bonds. The monoisotopic (exact) mass is 629 g/mol. The Morgan fingerprint density at radius 3 is 2.60 bits per heavy atom. The summed E-state index contributed by atoms with van der Waals surface area (Å²) in [6.45, 7) is 3.84. The van der Waals surface area contributed by atoms with Crippen LogP contribution in [0.5, 0.6) is 6.01 Å². The van der Waals surface area contributed by atoms with E-state index in [0.29, 0.717) is 44.8 Å². The molecule has 0 N–H and O–H groups in total. The molecule has 4 heterocycles. The van der Waals surface area contributed by atoms with Crippen LogP contribution in [0.4, 0.5) is 10.6 Å². The molecule has 5 aromatic rings. The van der Waals surface area contributed by atoms with Gasteiger partial charge in [-0.15, -0.1) is 0 Å². The van der Waals surface area contributed by atoms with Crippen LogP contribution in [0, 0.1) is 11.3 Å². The van der Waals surface area contributed by atoms with Crippen molar-refractivity contribution in [2.24, 2.45) is 0 Å². The van der Waals surface area contributed by atoms with E-state index in [1.165, 1.54) is 16.3 Å². The van der Waals surface area contributed by atoms with E-state index in [9.17, 15) is 10.1 Å². The fourth-order valence-corrected chi connectivity index (χ4v) is 6.79.